The number of benzene rings is 6. The number of carboxylic acid groups (broad SMARTS) is 2. The first-order valence-corrected chi connectivity index (χ1v) is 20.8. The number of carboxylic acids is 2. The van der Waals surface area contributed by atoms with Crippen LogP contribution >= 0.6 is 23.2 Å². The Morgan fingerprint density at radius 2 is 0.908 bits per heavy atom. The molecule has 14 nitrogen and oxygen atoms in total. The van der Waals surface area contributed by atoms with Crippen LogP contribution in [0.25, 0.3) is 0 Å². The third-order valence-corrected chi connectivity index (χ3v) is 10.1. The Labute approximate surface area is 384 Å². The summed E-state index contributed by atoms with van der Waals surface area (Å²) < 4.78 is 10.6. The molecule has 4 amide bonds. The predicted octanol–water partition coefficient (Wildman–Crippen LogP) is 9.88. The van der Waals surface area contributed by atoms with Gasteiger partial charge in [0.25, 0.3) is 11.8 Å². The second kappa shape index (κ2) is 23.7. The van der Waals surface area contributed by atoms with Gasteiger partial charge in [-0.05, 0) is 89.3 Å². The van der Waals surface area contributed by atoms with Gasteiger partial charge >= 0.3 is 24.1 Å². The van der Waals surface area contributed by atoms with Crippen molar-refractivity contribution in [1.29, 1.82) is 0 Å². The summed E-state index contributed by atoms with van der Waals surface area (Å²) in [7, 11) is 0. The van der Waals surface area contributed by atoms with E-state index >= 15 is 0 Å². The van der Waals surface area contributed by atoms with Crippen LogP contribution in [-0.2, 0) is 22.4 Å². The zero-order chi connectivity index (χ0) is 46.9. The van der Waals surface area contributed by atoms with Crippen molar-refractivity contribution in [3.8, 4) is 11.5 Å². The van der Waals surface area contributed by atoms with E-state index in [-0.39, 0.29) is 39.9 Å². The summed E-state index contributed by atoms with van der Waals surface area (Å²) in [5.74, 6) is -2.67. The first-order valence-electron chi connectivity index (χ1n) is 20.0. The zero-order valence-corrected chi connectivity index (χ0v) is 36.5. The van der Waals surface area contributed by atoms with E-state index in [2.05, 4.69) is 21.3 Å². The van der Waals surface area contributed by atoms with E-state index < -0.39 is 48.0 Å². The molecule has 6 N–H and O–H groups in total. The highest BCUT2D eigenvalue weighted by molar-refractivity contribution is 6.34. The maximum Gasteiger partial charge on any atom is 0.417 e. The quantitative estimate of drug-likeness (QED) is 0.0574. The SMILES string of the molecule is CC(C)c1ccccc1NC(=O)Oc1ccc(C[C@H](NC(=O)c2ccccc2Cl)C(=O)O)cc1.O=C(Nc1ccccc1)Oc1ccc(C[C@H](NC(=O)c2ccccc2Cl)C(=O)O)cc1. The Bertz CT molecular complexity index is 2610. The van der Waals surface area contributed by atoms with Crippen LogP contribution in [-0.4, -0.2) is 58.2 Å². The maximum atomic E-state index is 12.4. The monoisotopic (exact) mass is 918 g/mol. The van der Waals surface area contributed by atoms with Gasteiger partial charge in [-0.1, -0.05) is 122 Å². The number of halogens is 2. The molecule has 6 aromatic rings. The summed E-state index contributed by atoms with van der Waals surface area (Å²) in [6.07, 6.45) is -1.19. The van der Waals surface area contributed by atoms with Crippen LogP contribution in [0, 0.1) is 0 Å². The molecule has 0 saturated heterocycles. The lowest BCUT2D eigenvalue weighted by atomic mass is 10.0. The van der Waals surface area contributed by atoms with Gasteiger partial charge in [-0.2, -0.15) is 0 Å². The number of amides is 4. The summed E-state index contributed by atoms with van der Waals surface area (Å²) in [6.45, 7) is 4.07. The van der Waals surface area contributed by atoms with Gasteiger partial charge in [-0.25, -0.2) is 19.2 Å². The molecule has 0 aliphatic carbocycles. The van der Waals surface area contributed by atoms with E-state index in [0.29, 0.717) is 34.0 Å². The molecule has 0 aliphatic rings. The van der Waals surface area contributed by atoms with Crippen LogP contribution in [0.1, 0.15) is 57.2 Å². The molecule has 0 unspecified atom stereocenters. The highest BCUT2D eigenvalue weighted by Crippen LogP contribution is 2.25. The smallest absolute Gasteiger partial charge is 0.417 e. The Kier molecular flexibility index (Phi) is 17.6. The Morgan fingerprint density at radius 1 is 0.508 bits per heavy atom. The van der Waals surface area contributed by atoms with E-state index in [4.69, 9.17) is 32.7 Å². The van der Waals surface area contributed by atoms with Crippen molar-refractivity contribution >= 4 is 70.5 Å². The molecule has 0 radical (unpaired) electrons. The average Bonchev–Trinajstić information content (AvgIpc) is 3.28. The molecule has 0 fully saturated rings. The first-order chi connectivity index (χ1) is 31.2. The number of para-hydroxylation sites is 2. The summed E-state index contributed by atoms with van der Waals surface area (Å²) in [5, 5.41) is 29.8. The predicted molar refractivity (Wildman–Crippen MR) is 247 cm³/mol. The van der Waals surface area contributed by atoms with Crippen molar-refractivity contribution < 1.29 is 48.5 Å². The van der Waals surface area contributed by atoms with E-state index in [1.54, 1.807) is 109 Å². The fourth-order valence-corrected chi connectivity index (χ4v) is 6.59. The van der Waals surface area contributed by atoms with E-state index in [0.717, 1.165) is 5.56 Å². The molecule has 0 aliphatic heterocycles. The minimum atomic E-state index is -1.18. The van der Waals surface area contributed by atoms with Crippen LogP contribution in [0.4, 0.5) is 21.0 Å². The number of carbonyl (C=O) groups excluding carboxylic acids is 4. The molecule has 0 bridgehead atoms. The fourth-order valence-electron chi connectivity index (χ4n) is 6.15. The number of rotatable bonds is 15. The van der Waals surface area contributed by atoms with Crippen LogP contribution in [0.3, 0.4) is 0 Å². The molecule has 6 rings (SSSR count). The number of carbonyl (C=O) groups is 6. The topological polar surface area (TPSA) is 209 Å². The van der Waals surface area contributed by atoms with Gasteiger partial charge in [0.1, 0.15) is 23.6 Å². The van der Waals surface area contributed by atoms with Crippen molar-refractivity contribution in [3.63, 3.8) is 0 Å². The molecular weight excluding hydrogens is 875 g/mol. The molecule has 6 aromatic carbocycles. The normalized spacial score (nSPS) is 11.4. The lowest BCUT2D eigenvalue weighted by molar-refractivity contribution is -0.140. The van der Waals surface area contributed by atoms with Gasteiger partial charge in [0.15, 0.2) is 0 Å². The summed E-state index contributed by atoms with van der Waals surface area (Å²) in [4.78, 5) is 72.4. The molecule has 2 atom stereocenters. The van der Waals surface area contributed by atoms with Gasteiger partial charge in [0, 0.05) is 24.2 Å². The van der Waals surface area contributed by atoms with Crippen molar-refractivity contribution in [2.45, 2.75) is 44.7 Å². The summed E-state index contributed by atoms with van der Waals surface area (Å²) in [6, 6.07) is 39.6. The lowest BCUT2D eigenvalue weighted by Crippen LogP contribution is -2.42. The van der Waals surface area contributed by atoms with Gasteiger partial charge in [0.2, 0.25) is 0 Å². The van der Waals surface area contributed by atoms with E-state index in [1.807, 2.05) is 44.2 Å². The first kappa shape index (κ1) is 48.4. The Hall–Kier alpha value is -7.68. The molecule has 0 spiro atoms. The maximum absolute atomic E-state index is 12.4. The minimum absolute atomic E-state index is 0.0414. The number of nitrogens with one attached hydrogen (secondary N) is 4. The molecule has 0 heterocycles. The largest absolute Gasteiger partial charge is 0.480 e. The second-order valence-electron chi connectivity index (χ2n) is 14.5. The second-order valence-corrected chi connectivity index (χ2v) is 15.3. The molecule has 0 saturated carbocycles. The summed E-state index contributed by atoms with van der Waals surface area (Å²) >= 11 is 12.0. The van der Waals surface area contributed by atoms with Crippen LogP contribution in [0.5, 0.6) is 11.5 Å². The minimum Gasteiger partial charge on any atom is -0.480 e. The average molecular weight is 920 g/mol. The number of hydrogen-bond acceptors (Lipinski definition) is 8. The van der Waals surface area contributed by atoms with Gasteiger partial charge in [-0.15, -0.1) is 0 Å². The van der Waals surface area contributed by atoms with Crippen LogP contribution in [0.15, 0.2) is 152 Å². The number of anilines is 2. The van der Waals surface area contributed by atoms with Crippen molar-refractivity contribution in [3.05, 3.63) is 190 Å². The Morgan fingerprint density at radius 3 is 1.34 bits per heavy atom. The number of ether oxygens (including phenoxy) is 2. The molecule has 334 valence electrons. The standard InChI is InChI=1S/C26H25ClN2O5.C23H19ClN2O5/c1-16(2)19-7-4-6-10-22(19)29-26(33)34-18-13-11-17(12-14-18)15-23(25(31)32)28-24(30)20-8-3-5-9-21(20)27;24-19-9-5-4-8-18(19)21(27)26-20(22(28)29)14-15-10-12-17(13-11-15)31-23(30)25-16-6-2-1-3-7-16/h3-14,16,23H,15H2,1-2H3,(H,28,30)(H,29,33)(H,31,32);1-13,20H,14H2,(H,25,30)(H,26,27)(H,28,29)/t23-;20-/m00/s1. The third kappa shape index (κ3) is 15.0. The Balaban J connectivity index is 0.000000245. The van der Waals surface area contributed by atoms with Crippen molar-refractivity contribution in [2.75, 3.05) is 10.6 Å². The van der Waals surface area contributed by atoms with Gasteiger partial charge in [-0.3, -0.25) is 20.2 Å². The molecule has 16 heteroatoms. The molecule has 65 heavy (non-hydrogen) atoms. The number of aliphatic carboxylic acids is 2. The van der Waals surface area contributed by atoms with Crippen LogP contribution in [0.2, 0.25) is 10.0 Å². The third-order valence-electron chi connectivity index (χ3n) is 9.43. The summed E-state index contributed by atoms with van der Waals surface area (Å²) in [5.41, 5.74) is 3.95. The zero-order valence-electron chi connectivity index (χ0n) is 35.0. The fraction of sp³-hybridized carbons (Fsp3) is 0.143. The van der Waals surface area contributed by atoms with Crippen molar-refractivity contribution in [2.24, 2.45) is 0 Å². The van der Waals surface area contributed by atoms with Crippen molar-refractivity contribution in [1.82, 2.24) is 10.6 Å². The molecular formula is C49H44Cl2N4O10. The molecule has 0 aromatic heterocycles. The van der Waals surface area contributed by atoms with E-state index in [1.165, 1.54) is 12.1 Å². The highest BCUT2D eigenvalue weighted by atomic mass is 35.5. The van der Waals surface area contributed by atoms with E-state index in [9.17, 15) is 39.0 Å². The number of hydrogen-bond donors (Lipinski definition) is 6. The van der Waals surface area contributed by atoms with Gasteiger partial charge in [0.05, 0.1) is 21.2 Å². The van der Waals surface area contributed by atoms with Gasteiger partial charge < -0.3 is 30.3 Å². The van der Waals surface area contributed by atoms with Crippen LogP contribution < -0.4 is 30.7 Å². The highest BCUT2D eigenvalue weighted by Gasteiger charge is 2.24. The lowest BCUT2D eigenvalue weighted by Gasteiger charge is -2.16.